The lowest BCUT2D eigenvalue weighted by Gasteiger charge is -2.27. The third-order valence-corrected chi connectivity index (χ3v) is 5.11. The molecule has 31 heavy (non-hydrogen) atoms. The first-order valence-corrected chi connectivity index (χ1v) is 9.72. The Morgan fingerprint density at radius 1 is 0.774 bits per heavy atom. The quantitative estimate of drug-likeness (QED) is 0.567. The number of ether oxygens (including phenoxy) is 6. The van der Waals surface area contributed by atoms with E-state index in [-0.39, 0.29) is 5.56 Å². The average Bonchev–Trinajstić information content (AvgIpc) is 2.80. The van der Waals surface area contributed by atoms with E-state index in [2.05, 4.69) is 0 Å². The Hall–Kier alpha value is -3.13. The number of aliphatic hydroxyl groups is 1. The van der Waals surface area contributed by atoms with Crippen LogP contribution in [0.1, 0.15) is 35.9 Å². The third kappa shape index (κ3) is 5.32. The summed E-state index contributed by atoms with van der Waals surface area (Å²) < 4.78 is 32.5. The largest absolute Gasteiger partial charge is 0.493 e. The van der Waals surface area contributed by atoms with Crippen molar-refractivity contribution in [3.8, 4) is 28.7 Å². The maximum absolute atomic E-state index is 13.0. The van der Waals surface area contributed by atoms with Crippen LogP contribution in [0.5, 0.6) is 28.7 Å². The smallest absolute Gasteiger partial charge is 0.338 e. The maximum Gasteiger partial charge on any atom is 0.338 e. The van der Waals surface area contributed by atoms with Crippen molar-refractivity contribution in [2.24, 2.45) is 5.92 Å². The van der Waals surface area contributed by atoms with Gasteiger partial charge in [0.05, 0.1) is 47.2 Å². The highest BCUT2D eigenvalue weighted by Crippen LogP contribution is 2.42. The van der Waals surface area contributed by atoms with Gasteiger partial charge in [-0.05, 0) is 37.3 Å². The standard InChI is InChI=1S/C23H30O8/c1-13(14(2)24)21(16-11-19(28-5)22(30-7)20(12-16)29-6)31-23(25)15-8-9-17(26-3)18(10-15)27-4/h8-14,21,24H,1-7H3/t13-,14+,21-/m1/s1. The molecule has 3 atom stereocenters. The van der Waals surface area contributed by atoms with E-state index in [1.54, 1.807) is 44.2 Å². The monoisotopic (exact) mass is 434 g/mol. The van der Waals surface area contributed by atoms with Crippen LogP contribution in [-0.4, -0.2) is 52.7 Å². The normalized spacial score (nSPS) is 13.5. The number of benzene rings is 2. The lowest BCUT2D eigenvalue weighted by molar-refractivity contribution is -0.0103. The van der Waals surface area contributed by atoms with Gasteiger partial charge in [-0.15, -0.1) is 0 Å². The van der Waals surface area contributed by atoms with Crippen molar-refractivity contribution in [3.63, 3.8) is 0 Å². The number of rotatable bonds is 10. The molecule has 0 fully saturated rings. The lowest BCUT2D eigenvalue weighted by Crippen LogP contribution is -2.26. The molecule has 0 amide bonds. The van der Waals surface area contributed by atoms with Gasteiger partial charge in [-0.25, -0.2) is 4.79 Å². The lowest BCUT2D eigenvalue weighted by atomic mass is 9.92. The summed E-state index contributed by atoms with van der Waals surface area (Å²) in [5.74, 6) is 1.16. The molecule has 0 saturated carbocycles. The summed E-state index contributed by atoms with van der Waals surface area (Å²) in [7, 11) is 7.52. The van der Waals surface area contributed by atoms with Crippen molar-refractivity contribution in [1.82, 2.24) is 0 Å². The predicted octanol–water partition coefficient (Wildman–Crippen LogP) is 3.64. The first kappa shape index (κ1) is 24.1. The zero-order valence-electron chi connectivity index (χ0n) is 18.9. The molecular formula is C23H30O8. The Balaban J connectivity index is 2.48. The van der Waals surface area contributed by atoms with Crippen molar-refractivity contribution < 1.29 is 38.3 Å². The second-order valence-electron chi connectivity index (χ2n) is 6.95. The molecule has 0 aliphatic heterocycles. The second-order valence-corrected chi connectivity index (χ2v) is 6.95. The molecule has 0 aliphatic carbocycles. The maximum atomic E-state index is 13.0. The minimum absolute atomic E-state index is 0.285. The van der Waals surface area contributed by atoms with Crippen LogP contribution in [0.2, 0.25) is 0 Å². The molecule has 8 nitrogen and oxygen atoms in total. The number of hydrogen-bond acceptors (Lipinski definition) is 8. The molecule has 0 aromatic heterocycles. The third-order valence-electron chi connectivity index (χ3n) is 5.11. The highest BCUT2D eigenvalue weighted by atomic mass is 16.5. The summed E-state index contributed by atoms with van der Waals surface area (Å²) >= 11 is 0. The number of aliphatic hydroxyl groups excluding tert-OH is 1. The summed E-state index contributed by atoms with van der Waals surface area (Å²) in [5, 5.41) is 10.2. The van der Waals surface area contributed by atoms with Crippen LogP contribution in [-0.2, 0) is 4.74 Å². The van der Waals surface area contributed by atoms with E-state index in [1.165, 1.54) is 35.5 Å². The molecule has 1 N–H and O–H groups in total. The summed E-state index contributed by atoms with van der Waals surface area (Å²) in [6, 6.07) is 8.16. The molecule has 170 valence electrons. The van der Waals surface area contributed by atoms with Crippen molar-refractivity contribution >= 4 is 5.97 Å². The first-order valence-electron chi connectivity index (χ1n) is 9.72. The molecule has 0 radical (unpaired) electrons. The van der Waals surface area contributed by atoms with E-state index in [0.717, 1.165) is 0 Å². The molecule has 0 saturated heterocycles. The molecular weight excluding hydrogens is 404 g/mol. The van der Waals surface area contributed by atoms with E-state index in [4.69, 9.17) is 28.4 Å². The molecule has 8 heteroatoms. The molecule has 0 heterocycles. The van der Waals surface area contributed by atoms with Crippen LogP contribution in [0.4, 0.5) is 0 Å². The van der Waals surface area contributed by atoms with E-state index < -0.39 is 24.1 Å². The van der Waals surface area contributed by atoms with E-state index in [1.807, 2.05) is 0 Å². The zero-order valence-corrected chi connectivity index (χ0v) is 18.9. The van der Waals surface area contributed by atoms with Crippen LogP contribution in [0, 0.1) is 5.92 Å². The highest BCUT2D eigenvalue weighted by Gasteiger charge is 2.30. The Kier molecular flexibility index (Phi) is 8.38. The van der Waals surface area contributed by atoms with Gasteiger partial charge in [0, 0.05) is 11.5 Å². The van der Waals surface area contributed by atoms with Gasteiger partial charge in [0.2, 0.25) is 5.75 Å². The molecule has 0 bridgehead atoms. The van der Waals surface area contributed by atoms with Gasteiger partial charge >= 0.3 is 5.97 Å². The molecule has 2 rings (SSSR count). The summed E-state index contributed by atoms with van der Waals surface area (Å²) in [6.07, 6.45) is -1.53. The fourth-order valence-corrected chi connectivity index (χ4v) is 3.14. The summed E-state index contributed by atoms with van der Waals surface area (Å²) in [5.41, 5.74) is 0.879. The molecule has 0 spiro atoms. The topological polar surface area (TPSA) is 92.7 Å². The fraction of sp³-hybridized carbons (Fsp3) is 0.435. The average molecular weight is 434 g/mol. The van der Waals surface area contributed by atoms with Crippen LogP contribution in [0.15, 0.2) is 30.3 Å². The summed E-state index contributed by atoms with van der Waals surface area (Å²) in [4.78, 5) is 13.0. The highest BCUT2D eigenvalue weighted by molar-refractivity contribution is 5.90. The Morgan fingerprint density at radius 3 is 1.77 bits per heavy atom. The van der Waals surface area contributed by atoms with Gasteiger partial charge in [0.15, 0.2) is 23.0 Å². The van der Waals surface area contributed by atoms with Crippen molar-refractivity contribution in [2.75, 3.05) is 35.5 Å². The first-order chi connectivity index (χ1) is 14.8. The van der Waals surface area contributed by atoms with E-state index in [9.17, 15) is 9.90 Å². The molecule has 2 aromatic carbocycles. The van der Waals surface area contributed by atoms with Crippen molar-refractivity contribution in [2.45, 2.75) is 26.1 Å². The minimum atomic E-state index is -0.783. The molecule has 2 aromatic rings. The van der Waals surface area contributed by atoms with Crippen molar-refractivity contribution in [1.29, 1.82) is 0 Å². The number of hydrogen-bond donors (Lipinski definition) is 1. The van der Waals surface area contributed by atoms with E-state index in [0.29, 0.717) is 34.3 Å². The van der Waals surface area contributed by atoms with Crippen LogP contribution < -0.4 is 23.7 Å². The minimum Gasteiger partial charge on any atom is -0.493 e. The SMILES string of the molecule is COc1ccc(C(=O)O[C@@H](c2cc(OC)c(OC)c(OC)c2)[C@H](C)[C@H](C)O)cc1OC. The number of esters is 1. The van der Waals surface area contributed by atoms with Gasteiger partial charge in [-0.1, -0.05) is 6.92 Å². The van der Waals surface area contributed by atoms with Gasteiger partial charge in [0.25, 0.3) is 0 Å². The van der Waals surface area contributed by atoms with Crippen LogP contribution >= 0.6 is 0 Å². The number of carbonyl (C=O) groups excluding carboxylic acids is 1. The second kappa shape index (κ2) is 10.8. The van der Waals surface area contributed by atoms with Gasteiger partial charge in [-0.3, -0.25) is 0 Å². The fourth-order valence-electron chi connectivity index (χ4n) is 3.14. The number of carbonyl (C=O) groups is 1. The number of methoxy groups -OCH3 is 5. The van der Waals surface area contributed by atoms with Crippen LogP contribution in [0.3, 0.4) is 0 Å². The summed E-state index contributed by atoms with van der Waals surface area (Å²) in [6.45, 7) is 3.43. The van der Waals surface area contributed by atoms with E-state index >= 15 is 0 Å². The van der Waals surface area contributed by atoms with Gasteiger partial charge in [0.1, 0.15) is 6.10 Å². The molecule has 0 aliphatic rings. The Labute approximate surface area is 182 Å². The van der Waals surface area contributed by atoms with Crippen LogP contribution in [0.25, 0.3) is 0 Å². The zero-order chi connectivity index (χ0) is 23.1. The van der Waals surface area contributed by atoms with Gasteiger partial charge < -0.3 is 33.5 Å². The Bertz CT molecular complexity index is 868. The van der Waals surface area contributed by atoms with Crippen molar-refractivity contribution in [3.05, 3.63) is 41.5 Å². The Morgan fingerprint density at radius 2 is 1.32 bits per heavy atom. The predicted molar refractivity (Wildman–Crippen MR) is 115 cm³/mol. The molecule has 0 unspecified atom stereocenters. The van der Waals surface area contributed by atoms with Gasteiger partial charge in [-0.2, -0.15) is 0 Å².